The number of aliphatic hydroxyl groups is 1. The van der Waals surface area contributed by atoms with Gasteiger partial charge in [0.05, 0.1) is 10.0 Å². The summed E-state index contributed by atoms with van der Waals surface area (Å²) in [6.45, 7) is -0.278. The Labute approximate surface area is 156 Å². The topological polar surface area (TPSA) is 109 Å². The molecule has 1 aromatic heterocycles. The van der Waals surface area contributed by atoms with Crippen LogP contribution in [0.25, 0.3) is 11.3 Å². The van der Waals surface area contributed by atoms with E-state index in [9.17, 15) is 13.2 Å². The number of nitrogens with one attached hydrogen (secondary N) is 2. The predicted molar refractivity (Wildman–Crippen MR) is 93.1 cm³/mol. The number of aliphatic hydroxyl groups excluding tert-OH is 1. The zero-order chi connectivity index (χ0) is 19.3. The first kappa shape index (κ1) is 20.4. The van der Waals surface area contributed by atoms with Gasteiger partial charge in [0.2, 0.25) is 5.95 Å². The van der Waals surface area contributed by atoms with Crippen LogP contribution >= 0.6 is 23.2 Å². The molecular formula is C14H15Cl2F3N6O. The van der Waals surface area contributed by atoms with E-state index in [1.807, 2.05) is 0 Å². The second-order valence-corrected chi connectivity index (χ2v) is 5.94. The fourth-order valence-corrected chi connectivity index (χ4v) is 2.30. The number of alkyl halides is 3. The van der Waals surface area contributed by atoms with Crippen LogP contribution in [-0.4, -0.2) is 52.2 Å². The number of nitrogen functional groups attached to an aromatic ring is 1. The van der Waals surface area contributed by atoms with Crippen LogP contribution in [0.4, 0.5) is 24.9 Å². The van der Waals surface area contributed by atoms with E-state index < -0.39 is 18.8 Å². The van der Waals surface area contributed by atoms with Crippen molar-refractivity contribution in [2.75, 3.05) is 30.7 Å². The molecule has 0 aliphatic heterocycles. The summed E-state index contributed by atoms with van der Waals surface area (Å²) in [6, 6.07) is 4.96. The standard InChI is InChI=1S/C14H15Cl2F3N6O/c15-8-3-1-2-7(10(8)16)11-12(20)23-13(25-24-11)22-5-4-21-6-9(26)14(17,18)19/h1-3,9,21,26H,4-6H2,(H3,20,22,23,25)/t9-/m0/s1. The molecule has 1 heterocycles. The maximum atomic E-state index is 12.1. The van der Waals surface area contributed by atoms with Gasteiger partial charge in [-0.25, -0.2) is 0 Å². The summed E-state index contributed by atoms with van der Waals surface area (Å²) in [6.07, 6.45) is -7.07. The van der Waals surface area contributed by atoms with E-state index in [2.05, 4.69) is 25.8 Å². The van der Waals surface area contributed by atoms with Crippen LogP contribution in [0.3, 0.4) is 0 Å². The van der Waals surface area contributed by atoms with Crippen molar-refractivity contribution >= 4 is 35.0 Å². The Bertz CT molecular complexity index is 762. The Morgan fingerprint density at radius 3 is 2.58 bits per heavy atom. The maximum absolute atomic E-state index is 12.1. The Hall–Kier alpha value is -1.88. The first-order valence-electron chi connectivity index (χ1n) is 7.34. The lowest BCUT2D eigenvalue weighted by Crippen LogP contribution is -2.39. The average Bonchev–Trinajstić information content (AvgIpc) is 2.56. The van der Waals surface area contributed by atoms with Crippen molar-refractivity contribution in [3.8, 4) is 11.3 Å². The number of anilines is 2. The van der Waals surface area contributed by atoms with Gasteiger partial charge >= 0.3 is 6.18 Å². The largest absolute Gasteiger partial charge is 0.415 e. The van der Waals surface area contributed by atoms with Gasteiger partial charge in [-0.3, -0.25) is 0 Å². The third-order valence-corrected chi connectivity index (χ3v) is 4.04. The highest BCUT2D eigenvalue weighted by molar-refractivity contribution is 6.43. The predicted octanol–water partition coefficient (Wildman–Crippen LogP) is 2.35. The molecule has 0 aliphatic rings. The van der Waals surface area contributed by atoms with Crippen LogP contribution < -0.4 is 16.4 Å². The van der Waals surface area contributed by atoms with Crippen molar-refractivity contribution in [2.24, 2.45) is 0 Å². The number of hydrogen-bond donors (Lipinski definition) is 4. The molecule has 12 heteroatoms. The lowest BCUT2D eigenvalue weighted by molar-refractivity contribution is -0.201. The molecule has 0 saturated heterocycles. The van der Waals surface area contributed by atoms with E-state index in [1.165, 1.54) is 0 Å². The molecule has 7 nitrogen and oxygen atoms in total. The van der Waals surface area contributed by atoms with Crippen molar-refractivity contribution in [3.05, 3.63) is 28.2 Å². The maximum Gasteiger partial charge on any atom is 0.415 e. The number of rotatable bonds is 7. The molecular weight excluding hydrogens is 396 g/mol. The Balaban J connectivity index is 1.91. The zero-order valence-electron chi connectivity index (χ0n) is 13.2. The summed E-state index contributed by atoms with van der Waals surface area (Å²) in [5.41, 5.74) is 6.60. The molecule has 2 rings (SSSR count). The molecule has 0 radical (unpaired) electrons. The Kier molecular flexibility index (Phi) is 6.81. The molecule has 5 N–H and O–H groups in total. The van der Waals surface area contributed by atoms with Gasteiger partial charge in [0, 0.05) is 25.2 Å². The number of benzene rings is 1. The highest BCUT2D eigenvalue weighted by atomic mass is 35.5. The number of halogens is 5. The number of nitrogens with two attached hydrogens (primary N) is 1. The van der Waals surface area contributed by atoms with E-state index in [4.69, 9.17) is 34.0 Å². The second kappa shape index (κ2) is 8.67. The van der Waals surface area contributed by atoms with Crippen LogP contribution in [0, 0.1) is 0 Å². The quantitative estimate of drug-likeness (QED) is 0.518. The molecule has 0 fully saturated rings. The van der Waals surface area contributed by atoms with Gasteiger partial charge in [-0.2, -0.15) is 18.2 Å². The third-order valence-electron chi connectivity index (χ3n) is 3.22. The van der Waals surface area contributed by atoms with Crippen molar-refractivity contribution in [1.29, 1.82) is 0 Å². The zero-order valence-corrected chi connectivity index (χ0v) is 14.7. The third kappa shape index (κ3) is 5.31. The second-order valence-electron chi connectivity index (χ2n) is 5.16. The van der Waals surface area contributed by atoms with Gasteiger partial charge in [0.25, 0.3) is 0 Å². The van der Waals surface area contributed by atoms with Crippen molar-refractivity contribution in [1.82, 2.24) is 20.5 Å². The van der Waals surface area contributed by atoms with E-state index in [0.29, 0.717) is 10.6 Å². The van der Waals surface area contributed by atoms with Crippen LogP contribution in [0.2, 0.25) is 10.0 Å². The van der Waals surface area contributed by atoms with Crippen molar-refractivity contribution in [3.63, 3.8) is 0 Å². The SMILES string of the molecule is Nc1nc(NCCNC[C@H](O)C(F)(F)F)nnc1-c1cccc(Cl)c1Cl. The minimum Gasteiger partial charge on any atom is -0.382 e. The van der Waals surface area contributed by atoms with E-state index in [-0.39, 0.29) is 35.6 Å². The summed E-state index contributed by atoms with van der Waals surface area (Å²) in [7, 11) is 0. The van der Waals surface area contributed by atoms with Gasteiger partial charge in [0.15, 0.2) is 11.9 Å². The summed E-state index contributed by atoms with van der Waals surface area (Å²) in [5.74, 6) is 0.162. The van der Waals surface area contributed by atoms with Gasteiger partial charge in [0.1, 0.15) is 5.69 Å². The minimum absolute atomic E-state index is 0.0621. The van der Waals surface area contributed by atoms with E-state index in [1.54, 1.807) is 18.2 Å². The normalized spacial score (nSPS) is 12.8. The minimum atomic E-state index is -4.65. The highest BCUT2D eigenvalue weighted by Gasteiger charge is 2.37. The van der Waals surface area contributed by atoms with Gasteiger partial charge in [-0.15, -0.1) is 10.2 Å². The Morgan fingerprint density at radius 2 is 1.92 bits per heavy atom. The molecule has 0 amide bonds. The van der Waals surface area contributed by atoms with Crippen LogP contribution in [-0.2, 0) is 0 Å². The van der Waals surface area contributed by atoms with Crippen LogP contribution in [0.5, 0.6) is 0 Å². The molecule has 0 aliphatic carbocycles. The van der Waals surface area contributed by atoms with Gasteiger partial charge < -0.3 is 21.5 Å². The van der Waals surface area contributed by atoms with E-state index >= 15 is 0 Å². The lowest BCUT2D eigenvalue weighted by atomic mass is 10.1. The highest BCUT2D eigenvalue weighted by Crippen LogP contribution is 2.34. The summed E-state index contributed by atoms with van der Waals surface area (Å²) in [4.78, 5) is 4.03. The molecule has 0 spiro atoms. The molecule has 0 bridgehead atoms. The summed E-state index contributed by atoms with van der Waals surface area (Å²) in [5, 5.41) is 22.5. The molecule has 1 aromatic carbocycles. The van der Waals surface area contributed by atoms with Gasteiger partial charge in [-0.05, 0) is 6.07 Å². The van der Waals surface area contributed by atoms with E-state index in [0.717, 1.165) is 0 Å². The van der Waals surface area contributed by atoms with Crippen LogP contribution in [0.1, 0.15) is 0 Å². The van der Waals surface area contributed by atoms with Crippen molar-refractivity contribution in [2.45, 2.75) is 12.3 Å². The first-order valence-corrected chi connectivity index (χ1v) is 8.09. The summed E-state index contributed by atoms with van der Waals surface area (Å²) < 4.78 is 36.4. The van der Waals surface area contributed by atoms with Crippen LogP contribution in [0.15, 0.2) is 18.2 Å². The van der Waals surface area contributed by atoms with Gasteiger partial charge in [-0.1, -0.05) is 35.3 Å². The number of nitrogens with zero attached hydrogens (tertiary/aromatic N) is 3. The average molecular weight is 411 g/mol. The molecule has 142 valence electrons. The molecule has 1 atom stereocenters. The molecule has 2 aromatic rings. The fraction of sp³-hybridized carbons (Fsp3) is 0.357. The van der Waals surface area contributed by atoms with Crippen molar-refractivity contribution < 1.29 is 18.3 Å². The molecule has 0 unspecified atom stereocenters. The fourth-order valence-electron chi connectivity index (χ4n) is 1.91. The monoisotopic (exact) mass is 410 g/mol. The number of hydrogen-bond acceptors (Lipinski definition) is 7. The summed E-state index contributed by atoms with van der Waals surface area (Å²) >= 11 is 12.1. The lowest BCUT2D eigenvalue weighted by Gasteiger charge is -2.15. The first-order chi connectivity index (χ1) is 12.2. The molecule has 0 saturated carbocycles. The Morgan fingerprint density at radius 1 is 1.19 bits per heavy atom. The smallest absolute Gasteiger partial charge is 0.382 e. The number of aromatic nitrogens is 3. The molecule has 26 heavy (non-hydrogen) atoms.